The Hall–Kier alpha value is -2.56. The summed E-state index contributed by atoms with van der Waals surface area (Å²) in [5.41, 5.74) is 2.12. The van der Waals surface area contributed by atoms with Crippen LogP contribution in [0.1, 0.15) is 11.1 Å². The predicted molar refractivity (Wildman–Crippen MR) is 82.7 cm³/mol. The van der Waals surface area contributed by atoms with Crippen LogP contribution in [0.3, 0.4) is 0 Å². The number of urea groups is 1. The van der Waals surface area contributed by atoms with Gasteiger partial charge in [-0.2, -0.15) is 0 Å². The number of aryl methyl sites for hydroxylation is 1. The maximum absolute atomic E-state index is 11.7. The van der Waals surface area contributed by atoms with Crippen LogP contribution in [-0.4, -0.2) is 24.7 Å². The van der Waals surface area contributed by atoms with Crippen LogP contribution in [0.4, 0.5) is 10.6 Å². The SMILES string of the molecule is COc1ccccc1CCNC(=O)Nc1ccc(C)cn1. The fourth-order valence-electron chi connectivity index (χ4n) is 1.92. The number of ether oxygens (including phenoxy) is 1. The summed E-state index contributed by atoms with van der Waals surface area (Å²) in [7, 11) is 1.64. The molecule has 2 N–H and O–H groups in total. The zero-order chi connectivity index (χ0) is 15.1. The van der Waals surface area contributed by atoms with Crippen LogP contribution in [0.2, 0.25) is 0 Å². The summed E-state index contributed by atoms with van der Waals surface area (Å²) in [6.45, 7) is 2.47. The molecule has 0 saturated heterocycles. The zero-order valence-electron chi connectivity index (χ0n) is 12.2. The molecule has 21 heavy (non-hydrogen) atoms. The molecule has 0 bridgehead atoms. The third-order valence-corrected chi connectivity index (χ3v) is 3.03. The summed E-state index contributed by atoms with van der Waals surface area (Å²) >= 11 is 0. The largest absolute Gasteiger partial charge is 0.496 e. The number of amides is 2. The van der Waals surface area contributed by atoms with E-state index in [0.717, 1.165) is 16.9 Å². The van der Waals surface area contributed by atoms with E-state index in [9.17, 15) is 4.79 Å². The number of rotatable bonds is 5. The van der Waals surface area contributed by atoms with Crippen molar-refractivity contribution < 1.29 is 9.53 Å². The number of hydrogen-bond donors (Lipinski definition) is 2. The maximum Gasteiger partial charge on any atom is 0.320 e. The first-order chi connectivity index (χ1) is 10.2. The molecule has 2 rings (SSSR count). The van der Waals surface area contributed by atoms with Gasteiger partial charge < -0.3 is 10.1 Å². The topological polar surface area (TPSA) is 63.2 Å². The number of aromatic nitrogens is 1. The van der Waals surface area contributed by atoms with Crippen LogP contribution >= 0.6 is 0 Å². The molecule has 1 heterocycles. The lowest BCUT2D eigenvalue weighted by Gasteiger charge is -2.09. The van der Waals surface area contributed by atoms with Crippen molar-refractivity contribution in [3.05, 3.63) is 53.7 Å². The van der Waals surface area contributed by atoms with E-state index in [-0.39, 0.29) is 6.03 Å². The predicted octanol–water partition coefficient (Wildman–Crippen LogP) is 2.76. The van der Waals surface area contributed by atoms with E-state index < -0.39 is 0 Å². The Kier molecular flexibility index (Phi) is 5.15. The van der Waals surface area contributed by atoms with E-state index in [1.165, 1.54) is 0 Å². The zero-order valence-corrected chi connectivity index (χ0v) is 12.2. The first-order valence-corrected chi connectivity index (χ1v) is 6.78. The van der Waals surface area contributed by atoms with Crippen molar-refractivity contribution >= 4 is 11.8 Å². The number of nitrogens with one attached hydrogen (secondary N) is 2. The Labute approximate surface area is 124 Å². The normalized spacial score (nSPS) is 10.0. The summed E-state index contributed by atoms with van der Waals surface area (Å²) < 4.78 is 5.27. The Bertz CT molecular complexity index is 597. The third-order valence-electron chi connectivity index (χ3n) is 3.03. The molecule has 0 radical (unpaired) electrons. The first-order valence-electron chi connectivity index (χ1n) is 6.78. The monoisotopic (exact) mass is 285 g/mol. The van der Waals surface area contributed by atoms with E-state index >= 15 is 0 Å². The van der Waals surface area contributed by atoms with Gasteiger partial charge in [-0.15, -0.1) is 0 Å². The fraction of sp³-hybridized carbons (Fsp3) is 0.250. The van der Waals surface area contributed by atoms with Gasteiger partial charge in [-0.05, 0) is 36.6 Å². The number of nitrogens with zero attached hydrogens (tertiary/aromatic N) is 1. The van der Waals surface area contributed by atoms with E-state index in [0.29, 0.717) is 18.8 Å². The van der Waals surface area contributed by atoms with Gasteiger partial charge >= 0.3 is 6.03 Å². The molecule has 2 amide bonds. The Balaban J connectivity index is 1.80. The molecule has 0 aliphatic rings. The third kappa shape index (κ3) is 4.49. The molecule has 1 aromatic carbocycles. The molecule has 0 saturated carbocycles. The molecule has 110 valence electrons. The minimum Gasteiger partial charge on any atom is -0.496 e. The van der Waals surface area contributed by atoms with Crippen molar-refractivity contribution in [3.63, 3.8) is 0 Å². The molecule has 2 aromatic rings. The lowest BCUT2D eigenvalue weighted by atomic mass is 10.1. The molecular formula is C16H19N3O2. The molecule has 5 heteroatoms. The molecule has 0 unspecified atom stereocenters. The van der Waals surface area contributed by atoms with Gasteiger partial charge in [0.15, 0.2) is 0 Å². The van der Waals surface area contributed by atoms with Crippen LogP contribution in [0, 0.1) is 6.92 Å². The Morgan fingerprint density at radius 3 is 2.76 bits per heavy atom. The van der Waals surface area contributed by atoms with Gasteiger partial charge in [0.2, 0.25) is 0 Å². The molecular weight excluding hydrogens is 266 g/mol. The lowest BCUT2D eigenvalue weighted by molar-refractivity contribution is 0.252. The minimum atomic E-state index is -0.263. The van der Waals surface area contributed by atoms with Crippen LogP contribution < -0.4 is 15.4 Å². The van der Waals surface area contributed by atoms with Crippen molar-refractivity contribution in [2.24, 2.45) is 0 Å². The van der Waals surface area contributed by atoms with Gasteiger partial charge in [-0.1, -0.05) is 24.3 Å². The van der Waals surface area contributed by atoms with Gasteiger partial charge in [0.1, 0.15) is 11.6 Å². The maximum atomic E-state index is 11.7. The summed E-state index contributed by atoms with van der Waals surface area (Å²) in [6, 6.07) is 11.2. The van der Waals surface area contributed by atoms with Crippen molar-refractivity contribution in [3.8, 4) is 5.75 Å². The molecule has 0 atom stereocenters. The lowest BCUT2D eigenvalue weighted by Crippen LogP contribution is -2.30. The Morgan fingerprint density at radius 1 is 1.24 bits per heavy atom. The highest BCUT2D eigenvalue weighted by molar-refractivity contribution is 5.88. The highest BCUT2D eigenvalue weighted by Gasteiger charge is 2.04. The van der Waals surface area contributed by atoms with E-state index in [1.54, 1.807) is 19.4 Å². The Morgan fingerprint density at radius 2 is 2.05 bits per heavy atom. The smallest absolute Gasteiger partial charge is 0.320 e. The number of methoxy groups -OCH3 is 1. The van der Waals surface area contributed by atoms with Crippen molar-refractivity contribution in [1.82, 2.24) is 10.3 Å². The molecule has 0 aliphatic carbocycles. The second kappa shape index (κ2) is 7.28. The van der Waals surface area contributed by atoms with Gasteiger partial charge in [-0.25, -0.2) is 9.78 Å². The second-order valence-electron chi connectivity index (χ2n) is 4.66. The van der Waals surface area contributed by atoms with Crippen molar-refractivity contribution in [2.75, 3.05) is 19.0 Å². The second-order valence-corrected chi connectivity index (χ2v) is 4.66. The van der Waals surface area contributed by atoms with Gasteiger partial charge in [0.05, 0.1) is 7.11 Å². The average molecular weight is 285 g/mol. The van der Waals surface area contributed by atoms with Crippen molar-refractivity contribution in [1.29, 1.82) is 0 Å². The molecule has 5 nitrogen and oxygen atoms in total. The highest BCUT2D eigenvalue weighted by atomic mass is 16.5. The van der Waals surface area contributed by atoms with Crippen LogP contribution in [0.15, 0.2) is 42.6 Å². The number of anilines is 1. The number of benzene rings is 1. The molecule has 1 aromatic heterocycles. The summed E-state index contributed by atoms with van der Waals surface area (Å²) in [4.78, 5) is 15.9. The highest BCUT2D eigenvalue weighted by Crippen LogP contribution is 2.17. The van der Waals surface area contributed by atoms with Gasteiger partial charge in [0, 0.05) is 12.7 Å². The molecule has 0 aliphatic heterocycles. The van der Waals surface area contributed by atoms with Gasteiger partial charge in [-0.3, -0.25) is 5.32 Å². The van der Waals surface area contributed by atoms with Crippen LogP contribution in [0.5, 0.6) is 5.75 Å². The van der Waals surface area contributed by atoms with Crippen LogP contribution in [0.25, 0.3) is 0 Å². The number of para-hydroxylation sites is 1. The van der Waals surface area contributed by atoms with E-state index in [4.69, 9.17) is 4.74 Å². The quantitative estimate of drug-likeness (QED) is 0.888. The number of carbonyl (C=O) groups excluding carboxylic acids is 1. The average Bonchev–Trinajstić information content (AvgIpc) is 2.50. The summed E-state index contributed by atoms with van der Waals surface area (Å²) in [5, 5.41) is 5.49. The summed E-state index contributed by atoms with van der Waals surface area (Å²) in [6.07, 6.45) is 2.42. The first kappa shape index (κ1) is 14.8. The van der Waals surface area contributed by atoms with Crippen molar-refractivity contribution in [2.45, 2.75) is 13.3 Å². The molecule has 0 spiro atoms. The van der Waals surface area contributed by atoms with Gasteiger partial charge in [0.25, 0.3) is 0 Å². The van der Waals surface area contributed by atoms with E-state index in [2.05, 4.69) is 15.6 Å². The summed E-state index contributed by atoms with van der Waals surface area (Å²) in [5.74, 6) is 1.37. The molecule has 0 fully saturated rings. The fourth-order valence-corrected chi connectivity index (χ4v) is 1.92. The number of carbonyl (C=O) groups is 1. The number of pyridine rings is 1. The van der Waals surface area contributed by atoms with E-state index in [1.807, 2.05) is 37.3 Å². The van der Waals surface area contributed by atoms with Crippen LogP contribution in [-0.2, 0) is 6.42 Å². The minimum absolute atomic E-state index is 0.263. The number of hydrogen-bond acceptors (Lipinski definition) is 3. The standard InChI is InChI=1S/C16H19N3O2/c1-12-7-8-15(18-11-12)19-16(20)17-10-9-13-5-3-4-6-14(13)21-2/h3-8,11H,9-10H2,1-2H3,(H2,17,18,19,20).